The van der Waals surface area contributed by atoms with Crippen molar-refractivity contribution in [3.63, 3.8) is 0 Å². The average Bonchev–Trinajstić information content (AvgIpc) is 1.56. The summed E-state index contributed by atoms with van der Waals surface area (Å²) in [5.41, 5.74) is 8.57. The molecule has 0 fully saturated rings. The second-order valence-electron chi connectivity index (χ2n) is 37.5. The van der Waals surface area contributed by atoms with Crippen molar-refractivity contribution in [1.29, 1.82) is 0 Å². The molecule has 0 saturated carbocycles. The molecule has 6 aromatic heterocycles. The lowest BCUT2D eigenvalue weighted by molar-refractivity contribution is -0.124. The van der Waals surface area contributed by atoms with Crippen LogP contribution < -0.4 is 0 Å². The first kappa shape index (κ1) is 87.6. The van der Waals surface area contributed by atoms with Gasteiger partial charge >= 0.3 is 0 Å². The number of benzene rings is 1. The largest absolute Gasteiger partial charge is 0.306 e. The Morgan fingerprint density at radius 2 is 0.518 bits per heavy atom. The summed E-state index contributed by atoms with van der Waals surface area (Å²) in [4.78, 5) is 79.6. The molecule has 0 N–H and O–H groups in total. The van der Waals surface area contributed by atoms with Crippen LogP contribution >= 0.6 is 68.0 Å². The zero-order valence-electron chi connectivity index (χ0n) is 71.9. The Morgan fingerprint density at radius 1 is 0.268 bits per heavy atom. The van der Waals surface area contributed by atoms with Gasteiger partial charge in [0.25, 0.3) is 23.6 Å². The van der Waals surface area contributed by atoms with Gasteiger partial charge in [0.05, 0.1) is 74.0 Å². The molecule has 0 aliphatic carbocycles. The van der Waals surface area contributed by atoms with Gasteiger partial charge in [-0.2, -0.15) is 0 Å². The molecule has 1 aromatic carbocycles. The summed E-state index contributed by atoms with van der Waals surface area (Å²) in [6.07, 6.45) is 29.2. The molecular weight excluding hydrogens is 1490 g/mol. The Bertz CT molecular complexity index is 4140. The van der Waals surface area contributed by atoms with E-state index in [1.54, 1.807) is 45.3 Å². The molecule has 7 aromatic rings. The van der Waals surface area contributed by atoms with Crippen molar-refractivity contribution in [1.82, 2.24) is 19.6 Å². The summed E-state index contributed by atoms with van der Waals surface area (Å²) in [5.74, 6) is 6.81. The first-order chi connectivity index (χ1) is 53.7. The molecule has 112 heavy (non-hydrogen) atoms. The van der Waals surface area contributed by atoms with Gasteiger partial charge in [0.15, 0.2) is 0 Å². The Hall–Kier alpha value is -5.22. The van der Waals surface area contributed by atoms with Crippen molar-refractivity contribution < 1.29 is 19.2 Å². The van der Waals surface area contributed by atoms with E-state index in [0.29, 0.717) is 119 Å². The SMILES string of the molecule is CC(C)CCCC(C)CCc1c(CCC(C)CCCC(C)C)c2cc(-c3ccc(C4=C5C(=O)N(CCC(C)CCCC(C)C)C(c6cccs6)=C5C(=O)N4CCC(C)CCCC(C)C)s3)sc2c2sc(-c3ccc(C4=C5C(=O)N(CCC(C)CCCC(C)C)C(c6cccs6)=C5C(=O)N4CCC(C)CCCC(C)C)s3)cc12. The number of rotatable bonds is 48. The van der Waals surface area contributed by atoms with Crippen LogP contribution in [0.1, 0.15) is 309 Å². The van der Waals surface area contributed by atoms with Crippen LogP contribution in [-0.2, 0) is 32.0 Å². The van der Waals surface area contributed by atoms with Crippen molar-refractivity contribution in [3.05, 3.63) is 124 Å². The number of nitrogens with zero attached hydrogens (tertiary/aromatic N) is 4. The lowest BCUT2D eigenvalue weighted by Gasteiger charge is -2.26. The number of carbonyl (C=O) groups excluding carboxylic acids is 4. The van der Waals surface area contributed by atoms with Crippen molar-refractivity contribution in [2.75, 3.05) is 26.2 Å². The van der Waals surface area contributed by atoms with E-state index in [4.69, 9.17) is 0 Å². The summed E-state index contributed by atoms with van der Waals surface area (Å²) < 4.78 is 2.67. The minimum atomic E-state index is -0.0326. The number of hydrogen-bond acceptors (Lipinski definition) is 10. The Morgan fingerprint density at radius 3 is 0.768 bits per heavy atom. The van der Waals surface area contributed by atoms with Crippen molar-refractivity contribution in [3.8, 4) is 19.5 Å². The predicted molar refractivity (Wildman–Crippen MR) is 489 cm³/mol. The number of hydrogen-bond donors (Lipinski definition) is 0. The average molecular weight is 1630 g/mol. The van der Waals surface area contributed by atoms with Gasteiger partial charge in [-0.1, -0.05) is 252 Å². The van der Waals surface area contributed by atoms with Crippen molar-refractivity contribution in [2.45, 2.75) is 292 Å². The molecule has 0 radical (unpaired) electrons. The summed E-state index contributed by atoms with van der Waals surface area (Å²) in [6, 6.07) is 22.5. The molecule has 610 valence electrons. The normalized spacial score (nSPS) is 16.8. The summed E-state index contributed by atoms with van der Waals surface area (Å²) in [5, 5.41) is 6.91. The van der Waals surface area contributed by atoms with Gasteiger partial charge in [-0.15, -0.1) is 68.0 Å². The highest BCUT2D eigenvalue weighted by Crippen LogP contribution is 2.55. The van der Waals surface area contributed by atoms with Crippen molar-refractivity contribution >= 4 is 135 Å². The highest BCUT2D eigenvalue weighted by molar-refractivity contribution is 7.32. The number of amides is 4. The Balaban J connectivity index is 1.03. The van der Waals surface area contributed by atoms with Crippen LogP contribution in [0.5, 0.6) is 0 Å². The van der Waals surface area contributed by atoms with E-state index in [-0.39, 0.29) is 23.6 Å². The molecule has 0 spiro atoms. The molecule has 0 saturated heterocycles. The summed E-state index contributed by atoms with van der Waals surface area (Å²) in [7, 11) is 0. The van der Waals surface area contributed by atoms with E-state index < -0.39 is 0 Å². The van der Waals surface area contributed by atoms with E-state index in [2.05, 4.69) is 196 Å². The van der Waals surface area contributed by atoms with Crippen LogP contribution in [0.15, 0.2) is 93.7 Å². The van der Waals surface area contributed by atoms with Crippen LogP contribution in [0.25, 0.3) is 62.5 Å². The van der Waals surface area contributed by atoms with E-state index in [0.717, 1.165) is 129 Å². The van der Waals surface area contributed by atoms with Gasteiger partial charge in [-0.05, 0) is 204 Å². The molecule has 6 unspecified atom stereocenters. The fraction of sp³-hybridized carbons (Fsp3) is 0.612. The summed E-state index contributed by atoms with van der Waals surface area (Å²) in [6.45, 7) is 44.5. The second kappa shape index (κ2) is 40.8. The third kappa shape index (κ3) is 21.6. The smallest absolute Gasteiger partial charge is 0.261 e. The molecule has 4 aliphatic rings. The van der Waals surface area contributed by atoms with Crippen LogP contribution in [0.4, 0.5) is 0 Å². The molecule has 14 heteroatoms. The van der Waals surface area contributed by atoms with Crippen LogP contribution in [0.3, 0.4) is 0 Å². The van der Waals surface area contributed by atoms with Crippen LogP contribution in [0, 0.1) is 71.0 Å². The second-order valence-corrected chi connectivity index (χ2v) is 43.6. The van der Waals surface area contributed by atoms with E-state index in [1.807, 2.05) is 42.3 Å². The molecule has 11 rings (SSSR count). The summed E-state index contributed by atoms with van der Waals surface area (Å²) >= 11 is 10.6. The highest BCUT2D eigenvalue weighted by atomic mass is 32.1. The molecular formula is C98H138N4O4S6. The quantitative estimate of drug-likeness (QED) is 0.0381. The number of aryl methyl sites for hydroxylation is 2. The van der Waals surface area contributed by atoms with Crippen molar-refractivity contribution in [2.24, 2.45) is 71.0 Å². The van der Waals surface area contributed by atoms with Gasteiger partial charge in [-0.3, -0.25) is 19.2 Å². The fourth-order valence-corrected chi connectivity index (χ4v) is 24.1. The lowest BCUT2D eigenvalue weighted by atomic mass is 9.87. The topological polar surface area (TPSA) is 81.2 Å². The molecule has 0 bridgehead atoms. The maximum atomic E-state index is 15.7. The first-order valence-corrected chi connectivity index (χ1v) is 49.2. The molecule has 8 nitrogen and oxygen atoms in total. The Labute approximate surface area is 700 Å². The zero-order valence-corrected chi connectivity index (χ0v) is 76.8. The molecule has 10 heterocycles. The number of fused-ring (bicyclic) bond motifs is 5. The molecule has 4 aliphatic heterocycles. The zero-order chi connectivity index (χ0) is 80.2. The maximum absolute atomic E-state index is 15.7. The highest BCUT2D eigenvalue weighted by Gasteiger charge is 2.51. The van der Waals surface area contributed by atoms with Gasteiger partial charge in [0.2, 0.25) is 0 Å². The standard InChI is InChI=1S/C98H138N4O4S6/c1-61(2)27-19-33-67(13)41-43-73-74(44-42-68(14)34-20-28-62(3)4)76-60-84(78-46-48-82(110-78)92-88-86(96(104)102(92)56-52-72(18)38-24-32-66(11)12)90(80-40-26-58-108-80)100(98(88)106)54-50-70(16)36-22-30-64(7)8)112-94(76)93-75(73)59-83(111-93)77-45-47-81(109-77)91-87-85(95(103)101(91)55-51-71(17)37-23-31-65(9)10)89(79-39-25-57-107-79)99(97(87)105)53-49-69(15)35-21-29-63(5)6/h25-26,39-40,45-48,57-72H,19-24,27-38,41-44,49-56H2,1-18H3. The predicted octanol–water partition coefficient (Wildman–Crippen LogP) is 29.5. The minimum absolute atomic E-state index is 0.0326. The van der Waals surface area contributed by atoms with Gasteiger partial charge < -0.3 is 19.6 Å². The van der Waals surface area contributed by atoms with Gasteiger partial charge in [0, 0.05) is 45.7 Å². The Kier molecular flexibility index (Phi) is 31.9. The monoisotopic (exact) mass is 1630 g/mol. The van der Waals surface area contributed by atoms with E-state index in [1.165, 1.54) is 131 Å². The molecule has 4 amide bonds. The third-order valence-corrected chi connectivity index (χ3v) is 31.5. The van der Waals surface area contributed by atoms with Crippen LogP contribution in [0.2, 0.25) is 0 Å². The fourth-order valence-electron chi connectivity index (χ4n) is 17.7. The van der Waals surface area contributed by atoms with Gasteiger partial charge in [0.1, 0.15) is 0 Å². The first-order valence-electron chi connectivity index (χ1n) is 44.2. The van der Waals surface area contributed by atoms with Crippen LogP contribution in [-0.4, -0.2) is 69.4 Å². The molecule has 6 atom stereocenters. The number of thiophene rings is 6. The van der Waals surface area contributed by atoms with E-state index in [9.17, 15) is 0 Å². The number of carbonyl (C=O) groups is 4. The lowest BCUT2D eigenvalue weighted by Crippen LogP contribution is -2.31. The van der Waals surface area contributed by atoms with Gasteiger partial charge in [-0.25, -0.2) is 0 Å². The third-order valence-electron chi connectivity index (χ3n) is 24.7. The minimum Gasteiger partial charge on any atom is -0.306 e. The maximum Gasteiger partial charge on any atom is 0.261 e. The van der Waals surface area contributed by atoms with E-state index >= 15 is 19.2 Å².